The highest BCUT2D eigenvalue weighted by molar-refractivity contribution is 7.26. The molecule has 0 aliphatic heterocycles. The Morgan fingerprint density at radius 2 is 0.979 bits per heavy atom. The second kappa shape index (κ2) is 11.4. The molecule has 0 saturated heterocycles. The molecule has 6 aromatic carbocycles. The topological polar surface area (TPSA) is 38.7 Å². The zero-order chi connectivity index (χ0) is 31.2. The van der Waals surface area contributed by atoms with E-state index in [9.17, 15) is 0 Å². The zero-order valence-corrected chi connectivity index (χ0v) is 26.2. The van der Waals surface area contributed by atoms with Gasteiger partial charge in [-0.25, -0.2) is 15.0 Å². The van der Waals surface area contributed by atoms with E-state index in [1.54, 1.807) is 0 Å². The first-order chi connectivity index (χ1) is 23.3. The first-order valence-electron chi connectivity index (χ1n) is 15.7. The minimum atomic E-state index is 0.686. The van der Waals surface area contributed by atoms with Crippen LogP contribution in [0.2, 0.25) is 0 Å². The SMILES string of the molecule is c1ccc(-c2cc(-c3ccccc3)nc(-c3cccc(-c4nc5cccc(-c6ccccc6)c5c5sc6ccccc6c45)c3)n2)cc1. The fourth-order valence-electron chi connectivity index (χ4n) is 6.47. The fourth-order valence-corrected chi connectivity index (χ4v) is 7.74. The van der Waals surface area contributed by atoms with Crippen molar-refractivity contribution in [1.29, 1.82) is 0 Å². The number of rotatable bonds is 5. The first-order valence-corrected chi connectivity index (χ1v) is 16.5. The van der Waals surface area contributed by atoms with E-state index >= 15 is 0 Å². The Labute approximate surface area is 276 Å². The van der Waals surface area contributed by atoms with Crippen LogP contribution in [-0.4, -0.2) is 15.0 Å². The maximum Gasteiger partial charge on any atom is 0.160 e. The summed E-state index contributed by atoms with van der Waals surface area (Å²) in [6, 6.07) is 57.0. The van der Waals surface area contributed by atoms with Crippen LogP contribution in [0.15, 0.2) is 164 Å². The quantitative estimate of drug-likeness (QED) is 0.193. The highest BCUT2D eigenvalue weighted by atomic mass is 32.1. The monoisotopic (exact) mass is 617 g/mol. The third-order valence-corrected chi connectivity index (χ3v) is 9.87. The molecular formula is C43H27N3S. The third-order valence-electron chi connectivity index (χ3n) is 8.68. The number of benzene rings is 6. The average molecular weight is 618 g/mol. The molecule has 0 aliphatic rings. The van der Waals surface area contributed by atoms with Gasteiger partial charge in [0.1, 0.15) is 0 Å². The van der Waals surface area contributed by atoms with Gasteiger partial charge in [-0.15, -0.1) is 11.3 Å². The maximum atomic E-state index is 5.41. The Kier molecular flexibility index (Phi) is 6.65. The summed E-state index contributed by atoms with van der Waals surface area (Å²) in [7, 11) is 0. The van der Waals surface area contributed by atoms with Crippen LogP contribution in [0.25, 0.3) is 87.4 Å². The molecule has 9 aromatic rings. The molecule has 220 valence electrons. The molecule has 0 atom stereocenters. The van der Waals surface area contributed by atoms with Gasteiger partial charge in [0.15, 0.2) is 5.82 Å². The Morgan fingerprint density at radius 1 is 0.404 bits per heavy atom. The van der Waals surface area contributed by atoms with Crippen molar-refractivity contribution in [2.75, 3.05) is 0 Å². The lowest BCUT2D eigenvalue weighted by Crippen LogP contribution is -1.96. The standard InChI is InChI=1S/C43H27N3S/c1-4-14-28(15-5-1)33-23-13-24-35-39(33)42-40(34-22-10-11-25-38(34)47-42)41(44-35)31-20-12-21-32(26-31)43-45-36(29-16-6-2-7-17-29)27-37(46-43)30-18-8-3-9-19-30/h1-27H. The predicted molar refractivity (Wildman–Crippen MR) is 197 cm³/mol. The molecule has 0 saturated carbocycles. The second-order valence-electron chi connectivity index (χ2n) is 11.6. The van der Waals surface area contributed by atoms with E-state index in [0.717, 1.165) is 44.9 Å². The molecule has 0 spiro atoms. The van der Waals surface area contributed by atoms with Gasteiger partial charge in [0.25, 0.3) is 0 Å². The van der Waals surface area contributed by atoms with Gasteiger partial charge in [-0.3, -0.25) is 0 Å². The van der Waals surface area contributed by atoms with Crippen LogP contribution in [0.3, 0.4) is 0 Å². The minimum Gasteiger partial charge on any atom is -0.247 e. The Bertz CT molecular complexity index is 2500. The summed E-state index contributed by atoms with van der Waals surface area (Å²) in [6.45, 7) is 0. The molecule has 0 amide bonds. The van der Waals surface area contributed by atoms with E-state index < -0.39 is 0 Å². The van der Waals surface area contributed by atoms with Crippen molar-refractivity contribution in [3.8, 4) is 56.3 Å². The minimum absolute atomic E-state index is 0.686. The molecule has 0 unspecified atom stereocenters. The van der Waals surface area contributed by atoms with Crippen LogP contribution < -0.4 is 0 Å². The van der Waals surface area contributed by atoms with Crippen molar-refractivity contribution in [1.82, 2.24) is 15.0 Å². The largest absolute Gasteiger partial charge is 0.247 e. The Balaban J connectivity index is 1.28. The van der Waals surface area contributed by atoms with Crippen molar-refractivity contribution < 1.29 is 0 Å². The van der Waals surface area contributed by atoms with Gasteiger partial charge in [-0.05, 0) is 35.4 Å². The van der Waals surface area contributed by atoms with Crippen molar-refractivity contribution >= 4 is 42.4 Å². The molecular weight excluding hydrogens is 591 g/mol. The average Bonchev–Trinajstić information content (AvgIpc) is 3.55. The van der Waals surface area contributed by atoms with Crippen LogP contribution in [0, 0.1) is 0 Å². The van der Waals surface area contributed by atoms with Gasteiger partial charge in [0, 0.05) is 47.8 Å². The number of thiophene rings is 1. The van der Waals surface area contributed by atoms with Gasteiger partial charge in [-0.2, -0.15) is 0 Å². The number of aromatic nitrogens is 3. The summed E-state index contributed by atoms with van der Waals surface area (Å²) in [5, 5.41) is 3.60. The van der Waals surface area contributed by atoms with Gasteiger partial charge >= 0.3 is 0 Å². The molecule has 3 heterocycles. The lowest BCUT2D eigenvalue weighted by Gasteiger charge is -2.13. The van der Waals surface area contributed by atoms with E-state index in [2.05, 4.69) is 127 Å². The van der Waals surface area contributed by atoms with E-state index in [1.165, 1.54) is 36.7 Å². The molecule has 3 nitrogen and oxygen atoms in total. The number of fused-ring (bicyclic) bond motifs is 5. The predicted octanol–water partition coefficient (Wildman–Crippen LogP) is 11.7. The number of hydrogen-bond acceptors (Lipinski definition) is 4. The molecule has 4 heteroatoms. The summed E-state index contributed by atoms with van der Waals surface area (Å²) in [6.07, 6.45) is 0. The highest BCUT2D eigenvalue weighted by Gasteiger charge is 2.19. The molecule has 0 N–H and O–H groups in total. The summed E-state index contributed by atoms with van der Waals surface area (Å²) in [5.41, 5.74) is 10.2. The lowest BCUT2D eigenvalue weighted by molar-refractivity contribution is 1.18. The summed E-state index contributed by atoms with van der Waals surface area (Å²) in [5.74, 6) is 0.686. The number of nitrogens with zero attached hydrogens (tertiary/aromatic N) is 3. The van der Waals surface area contributed by atoms with Crippen LogP contribution in [0.4, 0.5) is 0 Å². The van der Waals surface area contributed by atoms with Crippen LogP contribution in [0.5, 0.6) is 0 Å². The summed E-state index contributed by atoms with van der Waals surface area (Å²) in [4.78, 5) is 15.6. The zero-order valence-electron chi connectivity index (χ0n) is 25.3. The van der Waals surface area contributed by atoms with E-state index in [4.69, 9.17) is 15.0 Å². The van der Waals surface area contributed by atoms with Crippen LogP contribution in [0.1, 0.15) is 0 Å². The molecule has 47 heavy (non-hydrogen) atoms. The normalized spacial score (nSPS) is 11.4. The Hall–Kier alpha value is -5.97. The van der Waals surface area contributed by atoms with Crippen molar-refractivity contribution in [3.63, 3.8) is 0 Å². The second-order valence-corrected chi connectivity index (χ2v) is 12.7. The van der Waals surface area contributed by atoms with E-state index in [-0.39, 0.29) is 0 Å². The number of hydrogen-bond donors (Lipinski definition) is 0. The smallest absolute Gasteiger partial charge is 0.160 e. The van der Waals surface area contributed by atoms with E-state index in [1.807, 2.05) is 47.7 Å². The molecule has 3 aromatic heterocycles. The van der Waals surface area contributed by atoms with Gasteiger partial charge < -0.3 is 0 Å². The maximum absolute atomic E-state index is 5.41. The highest BCUT2D eigenvalue weighted by Crippen LogP contribution is 2.45. The molecule has 0 aliphatic carbocycles. The fraction of sp³-hybridized carbons (Fsp3) is 0. The Morgan fingerprint density at radius 3 is 1.68 bits per heavy atom. The van der Waals surface area contributed by atoms with E-state index in [0.29, 0.717) is 5.82 Å². The van der Waals surface area contributed by atoms with Crippen LogP contribution >= 0.6 is 11.3 Å². The van der Waals surface area contributed by atoms with Gasteiger partial charge in [0.2, 0.25) is 0 Å². The van der Waals surface area contributed by atoms with Gasteiger partial charge in [0.05, 0.1) is 22.6 Å². The van der Waals surface area contributed by atoms with Crippen molar-refractivity contribution in [2.45, 2.75) is 0 Å². The molecule has 0 radical (unpaired) electrons. The third kappa shape index (κ3) is 4.87. The van der Waals surface area contributed by atoms with Crippen molar-refractivity contribution in [3.05, 3.63) is 164 Å². The van der Waals surface area contributed by atoms with Crippen molar-refractivity contribution in [2.24, 2.45) is 0 Å². The first kappa shape index (κ1) is 27.3. The van der Waals surface area contributed by atoms with Crippen LogP contribution in [-0.2, 0) is 0 Å². The molecule has 0 fully saturated rings. The summed E-state index contributed by atoms with van der Waals surface area (Å²) >= 11 is 1.84. The molecule has 0 bridgehead atoms. The molecule has 9 rings (SSSR count). The van der Waals surface area contributed by atoms with Gasteiger partial charge in [-0.1, -0.05) is 140 Å². The number of pyridine rings is 1. The summed E-state index contributed by atoms with van der Waals surface area (Å²) < 4.78 is 2.51. The lowest BCUT2D eigenvalue weighted by atomic mass is 9.96.